The van der Waals surface area contributed by atoms with Crippen molar-refractivity contribution in [3.63, 3.8) is 0 Å². The molecule has 0 aromatic heterocycles. The minimum absolute atomic E-state index is 0.0808. The summed E-state index contributed by atoms with van der Waals surface area (Å²) in [6.45, 7) is 8.86. The first-order valence-electron chi connectivity index (χ1n) is 8.74. The summed E-state index contributed by atoms with van der Waals surface area (Å²) in [5, 5.41) is 22.5. The molecule has 1 saturated heterocycles. The summed E-state index contributed by atoms with van der Waals surface area (Å²) in [5.74, 6) is -0.877. The molecule has 1 heterocycles. The molecule has 0 amide bonds. The van der Waals surface area contributed by atoms with Gasteiger partial charge in [0, 0.05) is 27.3 Å². The Bertz CT molecular complexity index is 587. The largest absolute Gasteiger partial charge is 0.508 e. The quantitative estimate of drug-likeness (QED) is 0.372. The van der Waals surface area contributed by atoms with Crippen molar-refractivity contribution in [2.45, 2.75) is 38.0 Å². The van der Waals surface area contributed by atoms with Gasteiger partial charge in [-0.3, -0.25) is 4.79 Å². The number of carboxylic acids is 1. The van der Waals surface area contributed by atoms with E-state index in [4.69, 9.17) is 9.47 Å². The molecule has 2 atom stereocenters. The van der Waals surface area contributed by atoms with Crippen molar-refractivity contribution in [3.8, 4) is 11.5 Å². The molecule has 25 heavy (non-hydrogen) atoms. The molecule has 2 unspecified atom stereocenters. The number of phenols is 1. The van der Waals surface area contributed by atoms with Gasteiger partial charge in [0.05, 0.1) is 5.92 Å². The van der Waals surface area contributed by atoms with Gasteiger partial charge >= 0.3 is 5.97 Å². The zero-order chi connectivity index (χ0) is 18.4. The molecule has 0 aliphatic carbocycles. The van der Waals surface area contributed by atoms with E-state index in [1.165, 1.54) is 6.07 Å². The molecule has 0 saturated carbocycles. The zero-order valence-corrected chi connectivity index (χ0v) is 16.2. The Kier molecular flexibility index (Phi) is 6.86. The van der Waals surface area contributed by atoms with Crippen LogP contribution in [0.2, 0.25) is 25.7 Å². The average Bonchev–Trinajstić information content (AvgIpc) is 2.53. The van der Waals surface area contributed by atoms with Gasteiger partial charge in [-0.25, -0.2) is 0 Å². The number of hydrogen-bond acceptors (Lipinski definition) is 5. The van der Waals surface area contributed by atoms with Gasteiger partial charge in [-0.15, -0.1) is 0 Å². The number of carbonyl (C=O) groups is 1. The third-order valence-electron chi connectivity index (χ3n) is 4.45. The lowest BCUT2D eigenvalue weighted by atomic mass is 9.81. The molecular formula is C18H29NO5Si. The van der Waals surface area contributed by atoms with Crippen molar-refractivity contribution in [2.24, 2.45) is 5.92 Å². The summed E-state index contributed by atoms with van der Waals surface area (Å²) in [5.41, 5.74) is 0.797. The summed E-state index contributed by atoms with van der Waals surface area (Å²) in [6.07, 6.45) is 0.715. The maximum absolute atomic E-state index is 11.5. The predicted molar refractivity (Wildman–Crippen MR) is 99.1 cm³/mol. The van der Waals surface area contributed by atoms with Crippen LogP contribution in [-0.4, -0.2) is 50.7 Å². The number of rotatable bonds is 8. The van der Waals surface area contributed by atoms with Crippen molar-refractivity contribution in [1.29, 1.82) is 0 Å². The van der Waals surface area contributed by atoms with Gasteiger partial charge in [-0.1, -0.05) is 19.6 Å². The maximum Gasteiger partial charge on any atom is 0.308 e. The van der Waals surface area contributed by atoms with Crippen molar-refractivity contribution in [3.05, 3.63) is 23.8 Å². The first-order valence-corrected chi connectivity index (χ1v) is 12.4. The number of aromatic hydroxyl groups is 1. The number of ether oxygens (including phenoxy) is 2. The second-order valence-electron chi connectivity index (χ2n) is 7.79. The van der Waals surface area contributed by atoms with Crippen LogP contribution in [-0.2, 0) is 9.53 Å². The summed E-state index contributed by atoms with van der Waals surface area (Å²) in [4.78, 5) is 11.5. The van der Waals surface area contributed by atoms with Crippen molar-refractivity contribution >= 4 is 14.0 Å². The minimum atomic E-state index is -1.13. The molecule has 1 aromatic rings. The molecule has 7 heteroatoms. The number of benzene rings is 1. The Labute approximate surface area is 150 Å². The molecule has 3 N–H and O–H groups in total. The van der Waals surface area contributed by atoms with E-state index >= 15 is 0 Å². The molecule has 1 fully saturated rings. The Morgan fingerprint density at radius 1 is 1.32 bits per heavy atom. The summed E-state index contributed by atoms with van der Waals surface area (Å²) in [7, 11) is -1.13. The Morgan fingerprint density at radius 3 is 2.76 bits per heavy atom. The van der Waals surface area contributed by atoms with Crippen LogP contribution in [0, 0.1) is 5.92 Å². The van der Waals surface area contributed by atoms with E-state index in [0.29, 0.717) is 25.3 Å². The second-order valence-corrected chi connectivity index (χ2v) is 13.4. The molecule has 1 aliphatic heterocycles. The molecule has 1 aromatic carbocycles. The average molecular weight is 368 g/mol. The third-order valence-corrected chi connectivity index (χ3v) is 6.15. The van der Waals surface area contributed by atoms with E-state index < -0.39 is 20.0 Å². The van der Waals surface area contributed by atoms with Crippen LogP contribution in [0.4, 0.5) is 0 Å². The molecule has 2 rings (SSSR count). The van der Waals surface area contributed by atoms with Crippen molar-refractivity contribution in [2.75, 3.05) is 26.5 Å². The molecule has 0 radical (unpaired) electrons. The summed E-state index contributed by atoms with van der Waals surface area (Å²) < 4.78 is 11.1. The third kappa shape index (κ3) is 6.34. The number of piperidine rings is 1. The molecule has 140 valence electrons. The van der Waals surface area contributed by atoms with E-state index in [9.17, 15) is 15.0 Å². The Morgan fingerprint density at radius 2 is 2.08 bits per heavy atom. The first kappa shape index (κ1) is 19.7. The highest BCUT2D eigenvalue weighted by molar-refractivity contribution is 6.76. The molecule has 0 bridgehead atoms. The van der Waals surface area contributed by atoms with E-state index in [-0.39, 0.29) is 18.5 Å². The molecule has 1 aliphatic rings. The zero-order valence-electron chi connectivity index (χ0n) is 15.2. The number of phenolic OH excluding ortho intramolecular Hbond substituents is 1. The van der Waals surface area contributed by atoms with Crippen LogP contribution < -0.4 is 10.1 Å². The normalized spacial score (nSPS) is 21.1. The van der Waals surface area contributed by atoms with Crippen LogP contribution in [0.5, 0.6) is 11.5 Å². The van der Waals surface area contributed by atoms with Gasteiger partial charge in [-0.05, 0) is 42.6 Å². The summed E-state index contributed by atoms with van der Waals surface area (Å²) in [6, 6.07) is 6.04. The van der Waals surface area contributed by atoms with Gasteiger partial charge in [0.15, 0.2) is 6.79 Å². The van der Waals surface area contributed by atoms with Crippen LogP contribution >= 0.6 is 0 Å². The number of aliphatic carboxylic acids is 1. The Balaban J connectivity index is 1.98. The second kappa shape index (κ2) is 8.69. The minimum Gasteiger partial charge on any atom is -0.508 e. The highest BCUT2D eigenvalue weighted by Gasteiger charge is 2.32. The first-order chi connectivity index (χ1) is 11.8. The lowest BCUT2D eigenvalue weighted by molar-refractivity contribution is -0.142. The fraction of sp³-hybridized carbons (Fsp3) is 0.611. The van der Waals surface area contributed by atoms with Gasteiger partial charge in [0.1, 0.15) is 11.5 Å². The molecule has 6 nitrogen and oxygen atoms in total. The van der Waals surface area contributed by atoms with E-state index in [0.717, 1.165) is 18.2 Å². The highest BCUT2D eigenvalue weighted by atomic mass is 28.3. The lowest BCUT2D eigenvalue weighted by Crippen LogP contribution is -2.39. The lowest BCUT2D eigenvalue weighted by Gasteiger charge is -2.29. The molecule has 0 spiro atoms. The fourth-order valence-corrected chi connectivity index (χ4v) is 3.72. The smallest absolute Gasteiger partial charge is 0.308 e. The van der Waals surface area contributed by atoms with Gasteiger partial charge in [0.25, 0.3) is 0 Å². The summed E-state index contributed by atoms with van der Waals surface area (Å²) >= 11 is 0. The van der Waals surface area contributed by atoms with Crippen LogP contribution in [0.15, 0.2) is 18.2 Å². The van der Waals surface area contributed by atoms with Crippen LogP contribution in [0.1, 0.15) is 17.9 Å². The number of nitrogens with one attached hydrogen (secondary N) is 1. The fourth-order valence-electron chi connectivity index (χ4n) is 2.97. The highest BCUT2D eigenvalue weighted by Crippen LogP contribution is 2.35. The van der Waals surface area contributed by atoms with Gasteiger partial charge in [-0.2, -0.15) is 0 Å². The van der Waals surface area contributed by atoms with Gasteiger partial charge in [0.2, 0.25) is 0 Å². The van der Waals surface area contributed by atoms with E-state index in [2.05, 4.69) is 25.0 Å². The number of hydrogen-bond donors (Lipinski definition) is 3. The maximum atomic E-state index is 11.5. The SMILES string of the molecule is C[Si](C)(C)CCOCOc1cc(O)cc(C2CCNCC2C(=O)O)c1. The van der Waals surface area contributed by atoms with E-state index in [1.54, 1.807) is 6.07 Å². The van der Waals surface area contributed by atoms with Crippen molar-refractivity contribution in [1.82, 2.24) is 5.32 Å². The monoisotopic (exact) mass is 367 g/mol. The van der Waals surface area contributed by atoms with Crippen LogP contribution in [0.3, 0.4) is 0 Å². The topological polar surface area (TPSA) is 88.0 Å². The predicted octanol–water partition coefficient (Wildman–Crippen LogP) is 2.86. The van der Waals surface area contributed by atoms with Crippen LogP contribution in [0.25, 0.3) is 0 Å². The standard InChI is InChI=1S/C18H29NO5Si/c1-25(2,3)7-6-23-12-24-15-9-13(8-14(20)10-15)16-4-5-19-11-17(16)18(21)22/h8-10,16-17,19-20H,4-7,11-12H2,1-3H3,(H,21,22). The Hall–Kier alpha value is -1.57. The van der Waals surface area contributed by atoms with E-state index in [1.807, 2.05) is 6.07 Å². The number of carboxylic acid groups (broad SMARTS) is 1. The van der Waals surface area contributed by atoms with Gasteiger partial charge < -0.3 is 25.0 Å². The molecular weight excluding hydrogens is 338 g/mol. The van der Waals surface area contributed by atoms with Crippen molar-refractivity contribution < 1.29 is 24.5 Å².